The lowest BCUT2D eigenvalue weighted by atomic mass is 10.2. The van der Waals surface area contributed by atoms with Crippen LogP contribution in [0.3, 0.4) is 0 Å². The van der Waals surface area contributed by atoms with Gasteiger partial charge in [0.1, 0.15) is 5.82 Å². The summed E-state index contributed by atoms with van der Waals surface area (Å²) in [4.78, 5) is 23.7. The minimum absolute atomic E-state index is 0.0317. The van der Waals surface area contributed by atoms with Crippen LogP contribution in [0.1, 0.15) is 24.0 Å². The van der Waals surface area contributed by atoms with Crippen LogP contribution in [0.25, 0.3) is 0 Å². The van der Waals surface area contributed by atoms with Crippen molar-refractivity contribution in [2.45, 2.75) is 26.7 Å². The molecule has 2 amide bonds. The first kappa shape index (κ1) is 20.0. The summed E-state index contributed by atoms with van der Waals surface area (Å²) in [6.45, 7) is 3.65. The van der Waals surface area contributed by atoms with Crippen LogP contribution in [-0.2, 0) is 9.59 Å². The minimum Gasteiger partial charge on any atom is -0.326 e. The number of benzene rings is 2. The highest BCUT2D eigenvalue weighted by Crippen LogP contribution is 2.15. The zero-order valence-electron chi connectivity index (χ0n) is 15.0. The van der Waals surface area contributed by atoms with E-state index in [1.807, 2.05) is 31.2 Å². The Morgan fingerprint density at radius 3 is 2.46 bits per heavy atom. The summed E-state index contributed by atoms with van der Waals surface area (Å²) in [6.07, 6.45) is 1.10. The van der Waals surface area contributed by atoms with E-state index in [1.54, 1.807) is 19.1 Å². The first-order chi connectivity index (χ1) is 12.4. The first-order valence-electron chi connectivity index (χ1n) is 8.44. The Balaban J connectivity index is 1.61. The molecule has 2 rings (SSSR count). The fourth-order valence-electron chi connectivity index (χ4n) is 2.31. The Morgan fingerprint density at radius 2 is 1.73 bits per heavy atom. The summed E-state index contributed by atoms with van der Waals surface area (Å²) in [6, 6.07) is 12.3. The van der Waals surface area contributed by atoms with Crippen molar-refractivity contribution >= 4 is 35.0 Å². The summed E-state index contributed by atoms with van der Waals surface area (Å²) >= 11 is 1.45. The molecule has 0 radical (unpaired) electrons. The third kappa shape index (κ3) is 6.88. The number of carbonyl (C=O) groups is 2. The van der Waals surface area contributed by atoms with Gasteiger partial charge in [0.15, 0.2) is 0 Å². The third-order valence-electron chi connectivity index (χ3n) is 3.68. The second kappa shape index (κ2) is 9.97. The van der Waals surface area contributed by atoms with Gasteiger partial charge in [0.05, 0.1) is 5.75 Å². The second-order valence-corrected chi connectivity index (χ2v) is 7.19. The zero-order chi connectivity index (χ0) is 18.9. The van der Waals surface area contributed by atoms with Gasteiger partial charge in [0.2, 0.25) is 11.8 Å². The van der Waals surface area contributed by atoms with Gasteiger partial charge in [-0.2, -0.15) is 11.8 Å². The number of anilines is 2. The quantitative estimate of drug-likeness (QED) is 0.667. The SMILES string of the molecule is Cc1cccc(NC(=O)CCCSCC(=O)Nc2ccc(C)c(F)c2)c1. The van der Waals surface area contributed by atoms with Crippen LogP contribution in [0.4, 0.5) is 15.8 Å². The highest BCUT2D eigenvalue weighted by Gasteiger charge is 2.06. The highest BCUT2D eigenvalue weighted by atomic mass is 32.2. The fourth-order valence-corrected chi connectivity index (χ4v) is 3.06. The number of hydrogen-bond acceptors (Lipinski definition) is 3. The Bertz CT molecular complexity index is 780. The van der Waals surface area contributed by atoms with E-state index >= 15 is 0 Å². The molecule has 4 nitrogen and oxygen atoms in total. The minimum atomic E-state index is -0.338. The predicted molar refractivity (Wildman–Crippen MR) is 106 cm³/mol. The molecule has 2 N–H and O–H groups in total. The van der Waals surface area contributed by atoms with E-state index < -0.39 is 0 Å². The van der Waals surface area contributed by atoms with Gasteiger partial charge in [-0.15, -0.1) is 0 Å². The van der Waals surface area contributed by atoms with E-state index in [2.05, 4.69) is 10.6 Å². The normalized spacial score (nSPS) is 10.4. The van der Waals surface area contributed by atoms with Gasteiger partial charge in [0.25, 0.3) is 0 Å². The van der Waals surface area contributed by atoms with Crippen LogP contribution >= 0.6 is 11.8 Å². The molecule has 0 unspecified atom stereocenters. The summed E-state index contributed by atoms with van der Waals surface area (Å²) in [5.74, 6) is 0.430. The Morgan fingerprint density at radius 1 is 1.00 bits per heavy atom. The molecular formula is C20H23FN2O2S. The summed E-state index contributed by atoms with van der Waals surface area (Å²) in [7, 11) is 0. The van der Waals surface area contributed by atoms with Gasteiger partial charge < -0.3 is 10.6 Å². The molecule has 0 spiro atoms. The van der Waals surface area contributed by atoms with Gasteiger partial charge in [-0.25, -0.2) is 4.39 Å². The number of rotatable bonds is 8. The zero-order valence-corrected chi connectivity index (χ0v) is 15.8. The van der Waals surface area contributed by atoms with E-state index in [4.69, 9.17) is 0 Å². The average Bonchev–Trinajstić information content (AvgIpc) is 2.58. The molecule has 138 valence electrons. The van der Waals surface area contributed by atoms with E-state index in [-0.39, 0.29) is 23.4 Å². The van der Waals surface area contributed by atoms with Crippen molar-refractivity contribution in [1.82, 2.24) is 0 Å². The molecule has 0 saturated carbocycles. The maximum atomic E-state index is 13.4. The highest BCUT2D eigenvalue weighted by molar-refractivity contribution is 7.99. The molecule has 0 aromatic heterocycles. The van der Waals surface area contributed by atoms with Crippen molar-refractivity contribution in [1.29, 1.82) is 0 Å². The number of aryl methyl sites for hydroxylation is 2. The van der Waals surface area contributed by atoms with E-state index in [0.29, 0.717) is 29.8 Å². The van der Waals surface area contributed by atoms with Gasteiger partial charge in [-0.3, -0.25) is 9.59 Å². The second-order valence-electron chi connectivity index (χ2n) is 6.09. The van der Waals surface area contributed by atoms with Crippen molar-refractivity contribution in [3.63, 3.8) is 0 Å². The van der Waals surface area contributed by atoms with Crippen LogP contribution in [0.15, 0.2) is 42.5 Å². The lowest BCUT2D eigenvalue weighted by Gasteiger charge is -2.07. The van der Waals surface area contributed by atoms with E-state index in [1.165, 1.54) is 17.8 Å². The third-order valence-corrected chi connectivity index (χ3v) is 4.73. The molecule has 2 aromatic carbocycles. The summed E-state index contributed by atoms with van der Waals surface area (Å²) in [5, 5.41) is 5.53. The predicted octanol–water partition coefficient (Wildman–Crippen LogP) is 4.53. The van der Waals surface area contributed by atoms with Crippen molar-refractivity contribution in [2.24, 2.45) is 0 Å². The first-order valence-corrected chi connectivity index (χ1v) is 9.60. The van der Waals surface area contributed by atoms with Crippen molar-refractivity contribution in [3.8, 4) is 0 Å². The topological polar surface area (TPSA) is 58.2 Å². The van der Waals surface area contributed by atoms with Gasteiger partial charge in [-0.1, -0.05) is 18.2 Å². The maximum Gasteiger partial charge on any atom is 0.234 e. The molecule has 26 heavy (non-hydrogen) atoms. The summed E-state index contributed by atoms with van der Waals surface area (Å²) in [5.41, 5.74) is 2.89. The van der Waals surface area contributed by atoms with Gasteiger partial charge in [-0.05, 0) is 61.4 Å². The average molecular weight is 374 g/mol. The van der Waals surface area contributed by atoms with Crippen LogP contribution in [0.2, 0.25) is 0 Å². The number of carbonyl (C=O) groups excluding carboxylic acids is 2. The smallest absolute Gasteiger partial charge is 0.234 e. The molecule has 0 heterocycles. The molecular weight excluding hydrogens is 351 g/mol. The molecule has 0 saturated heterocycles. The van der Waals surface area contributed by atoms with Gasteiger partial charge in [0, 0.05) is 17.8 Å². The molecule has 6 heteroatoms. The number of halogens is 1. The Hall–Kier alpha value is -2.34. The molecule has 0 atom stereocenters. The van der Waals surface area contributed by atoms with Crippen LogP contribution in [0.5, 0.6) is 0 Å². The van der Waals surface area contributed by atoms with Gasteiger partial charge >= 0.3 is 0 Å². The number of nitrogens with one attached hydrogen (secondary N) is 2. The number of hydrogen-bond donors (Lipinski definition) is 2. The Labute approximate surface area is 157 Å². The van der Waals surface area contributed by atoms with Crippen LogP contribution in [-0.4, -0.2) is 23.3 Å². The standard InChI is InChI=1S/C20H23FN2O2S/c1-14-5-3-6-16(11-14)22-19(24)7-4-10-26-13-20(25)23-17-9-8-15(2)18(21)12-17/h3,5-6,8-9,11-12H,4,7,10,13H2,1-2H3,(H,22,24)(H,23,25). The van der Waals surface area contributed by atoms with Crippen LogP contribution in [0, 0.1) is 19.7 Å². The van der Waals surface area contributed by atoms with Crippen molar-refractivity contribution < 1.29 is 14.0 Å². The van der Waals surface area contributed by atoms with E-state index in [9.17, 15) is 14.0 Å². The lowest BCUT2D eigenvalue weighted by molar-refractivity contribution is -0.116. The molecule has 0 fully saturated rings. The maximum absolute atomic E-state index is 13.4. The van der Waals surface area contributed by atoms with Crippen molar-refractivity contribution in [3.05, 3.63) is 59.4 Å². The summed E-state index contributed by atoms with van der Waals surface area (Å²) < 4.78 is 13.4. The molecule has 0 bridgehead atoms. The van der Waals surface area contributed by atoms with E-state index in [0.717, 1.165) is 11.3 Å². The number of amides is 2. The van der Waals surface area contributed by atoms with Crippen molar-refractivity contribution in [2.75, 3.05) is 22.1 Å². The fraction of sp³-hybridized carbons (Fsp3) is 0.300. The lowest BCUT2D eigenvalue weighted by Crippen LogP contribution is -2.15. The Kier molecular flexibility index (Phi) is 7.66. The molecule has 2 aromatic rings. The largest absolute Gasteiger partial charge is 0.326 e. The molecule has 0 aliphatic heterocycles. The number of thioether (sulfide) groups is 1. The molecule has 0 aliphatic rings. The van der Waals surface area contributed by atoms with Crippen LogP contribution < -0.4 is 10.6 Å². The monoisotopic (exact) mass is 374 g/mol. The molecule has 0 aliphatic carbocycles.